The number of imide groups is 1. The van der Waals surface area contributed by atoms with Crippen LogP contribution in [0.4, 0.5) is 10.5 Å². The van der Waals surface area contributed by atoms with E-state index in [-0.39, 0.29) is 18.8 Å². The summed E-state index contributed by atoms with van der Waals surface area (Å²) in [4.78, 5) is 32.7. The second kappa shape index (κ2) is 11.4. The molecular weight excluding hydrogens is 410 g/mol. The normalized spacial score (nSPS) is 20.1. The molecule has 3 amide bonds. The van der Waals surface area contributed by atoms with Crippen LogP contribution >= 0.6 is 0 Å². The highest BCUT2D eigenvalue weighted by atomic mass is 16.3. The average Bonchev–Trinajstić information content (AvgIpc) is 3.04. The number of nitrogens with one attached hydrogen (secondary N) is 1. The minimum atomic E-state index is -0.818. The van der Waals surface area contributed by atoms with Crippen molar-refractivity contribution < 1.29 is 19.8 Å². The van der Waals surface area contributed by atoms with Gasteiger partial charge in [-0.25, -0.2) is 4.79 Å². The zero-order valence-electron chi connectivity index (χ0n) is 19.0. The quantitative estimate of drug-likeness (QED) is 0.354. The van der Waals surface area contributed by atoms with Crippen molar-refractivity contribution in [3.63, 3.8) is 0 Å². The molecule has 0 spiro atoms. The lowest BCUT2D eigenvalue weighted by Gasteiger charge is -2.35. The van der Waals surface area contributed by atoms with Crippen molar-refractivity contribution in [2.24, 2.45) is 0 Å². The summed E-state index contributed by atoms with van der Waals surface area (Å²) in [7, 11) is 0. The first-order valence-electron chi connectivity index (χ1n) is 11.4. The lowest BCUT2D eigenvalue weighted by molar-refractivity contribution is -0.124. The highest BCUT2D eigenvalue weighted by molar-refractivity contribution is 6.14. The fourth-order valence-corrected chi connectivity index (χ4v) is 4.18. The average molecular weight is 446 g/mol. The summed E-state index contributed by atoms with van der Waals surface area (Å²) in [6.07, 6.45) is 0.848. The van der Waals surface area contributed by atoms with Crippen molar-refractivity contribution in [3.05, 3.63) is 35.5 Å². The van der Waals surface area contributed by atoms with Gasteiger partial charge in [-0.1, -0.05) is 12.1 Å². The first-order valence-corrected chi connectivity index (χ1v) is 11.4. The fourth-order valence-electron chi connectivity index (χ4n) is 4.18. The molecule has 9 nitrogen and oxygen atoms in total. The Morgan fingerprint density at radius 2 is 1.66 bits per heavy atom. The van der Waals surface area contributed by atoms with E-state index in [1.54, 1.807) is 6.08 Å². The Hall–Kier alpha value is -2.46. The molecule has 0 aromatic heterocycles. The molecule has 0 aliphatic carbocycles. The molecular formula is C23H35N5O4. The molecule has 0 bridgehead atoms. The molecule has 3 N–H and O–H groups in total. The number of urea groups is 1. The van der Waals surface area contributed by atoms with Crippen molar-refractivity contribution in [1.82, 2.24) is 20.0 Å². The Balaban J connectivity index is 1.55. The number of rotatable bonds is 10. The minimum Gasteiger partial charge on any atom is -0.395 e. The Kier molecular flexibility index (Phi) is 8.63. The monoisotopic (exact) mass is 445 g/mol. The van der Waals surface area contributed by atoms with Crippen molar-refractivity contribution in [2.75, 3.05) is 70.4 Å². The number of aliphatic hydroxyl groups excluding tert-OH is 2. The topological polar surface area (TPSA) is 99.6 Å². The smallest absolute Gasteiger partial charge is 0.329 e. The van der Waals surface area contributed by atoms with Crippen LogP contribution in [-0.2, 0) is 4.79 Å². The van der Waals surface area contributed by atoms with E-state index >= 15 is 0 Å². The van der Waals surface area contributed by atoms with E-state index in [0.717, 1.165) is 55.4 Å². The van der Waals surface area contributed by atoms with E-state index in [1.807, 2.05) is 24.3 Å². The maximum Gasteiger partial charge on any atom is 0.329 e. The summed E-state index contributed by atoms with van der Waals surface area (Å²) in [6.45, 7) is 10.4. The van der Waals surface area contributed by atoms with Crippen LogP contribution in [-0.4, -0.2) is 108 Å². The molecule has 32 heavy (non-hydrogen) atoms. The van der Waals surface area contributed by atoms with Gasteiger partial charge in [0.1, 0.15) is 5.70 Å². The number of benzene rings is 1. The number of hydrogen-bond acceptors (Lipinski definition) is 7. The van der Waals surface area contributed by atoms with Crippen LogP contribution in [0.1, 0.15) is 19.4 Å². The number of carbonyl (C=O) groups excluding carboxylic acids is 2. The number of nitrogens with zero attached hydrogens (tertiary/aromatic N) is 4. The van der Waals surface area contributed by atoms with Crippen molar-refractivity contribution >= 4 is 23.7 Å². The van der Waals surface area contributed by atoms with Gasteiger partial charge in [0.05, 0.1) is 19.3 Å². The minimum absolute atomic E-state index is 0.0419. The first kappa shape index (κ1) is 24.2. The second-order valence-electron chi connectivity index (χ2n) is 8.19. The molecule has 2 aliphatic rings. The molecule has 9 heteroatoms. The van der Waals surface area contributed by atoms with E-state index in [0.29, 0.717) is 13.1 Å². The summed E-state index contributed by atoms with van der Waals surface area (Å²) in [5, 5.41) is 22.1. The number of β-amino-alcohol motifs (C(OH)–C–C–N with tert-alkyl or cyclic N) is 2. The van der Waals surface area contributed by atoms with Crippen LogP contribution in [0.2, 0.25) is 0 Å². The van der Waals surface area contributed by atoms with Gasteiger partial charge in [-0.3, -0.25) is 19.5 Å². The summed E-state index contributed by atoms with van der Waals surface area (Å²) >= 11 is 0. The van der Waals surface area contributed by atoms with Crippen molar-refractivity contribution in [1.29, 1.82) is 0 Å². The SMILES string of the molecule is CCN(CC)c1ccc(/C=C2\NC(=O)N(CC(O)CN3CCN(CCO)CC3)C2=O)cc1. The van der Waals surface area contributed by atoms with Crippen LogP contribution in [0.3, 0.4) is 0 Å². The summed E-state index contributed by atoms with van der Waals surface area (Å²) < 4.78 is 0. The van der Waals surface area contributed by atoms with Crippen LogP contribution < -0.4 is 10.2 Å². The van der Waals surface area contributed by atoms with E-state index in [9.17, 15) is 14.7 Å². The lowest BCUT2D eigenvalue weighted by Crippen LogP contribution is -2.50. The summed E-state index contributed by atoms with van der Waals surface area (Å²) in [5.41, 5.74) is 2.16. The zero-order valence-corrected chi connectivity index (χ0v) is 19.0. The van der Waals surface area contributed by atoms with Gasteiger partial charge in [0.2, 0.25) is 0 Å². The van der Waals surface area contributed by atoms with Gasteiger partial charge in [-0.2, -0.15) is 0 Å². The molecule has 2 heterocycles. The first-order chi connectivity index (χ1) is 15.4. The molecule has 2 fully saturated rings. The highest BCUT2D eigenvalue weighted by Gasteiger charge is 2.35. The number of hydrogen-bond donors (Lipinski definition) is 3. The number of anilines is 1. The molecule has 0 saturated carbocycles. The predicted molar refractivity (Wildman–Crippen MR) is 124 cm³/mol. The van der Waals surface area contributed by atoms with Crippen LogP contribution in [0, 0.1) is 0 Å². The zero-order chi connectivity index (χ0) is 23.1. The van der Waals surface area contributed by atoms with Crippen molar-refractivity contribution in [3.8, 4) is 0 Å². The summed E-state index contributed by atoms with van der Waals surface area (Å²) in [6, 6.07) is 7.35. The third-order valence-corrected chi connectivity index (χ3v) is 6.04. The van der Waals surface area contributed by atoms with Crippen LogP contribution in [0.15, 0.2) is 30.0 Å². The molecule has 2 aliphatic heterocycles. The van der Waals surface area contributed by atoms with Gasteiger partial charge in [0.25, 0.3) is 5.91 Å². The van der Waals surface area contributed by atoms with Crippen LogP contribution in [0.25, 0.3) is 6.08 Å². The molecule has 0 radical (unpaired) electrons. The molecule has 1 atom stereocenters. The third-order valence-electron chi connectivity index (χ3n) is 6.04. The maximum atomic E-state index is 12.7. The van der Waals surface area contributed by atoms with Gasteiger partial charge in [0.15, 0.2) is 0 Å². The van der Waals surface area contributed by atoms with Gasteiger partial charge in [-0.05, 0) is 37.6 Å². The molecule has 1 aromatic rings. The predicted octanol–water partition coefficient (Wildman–Crippen LogP) is 0.396. The van der Waals surface area contributed by atoms with Crippen molar-refractivity contribution in [2.45, 2.75) is 20.0 Å². The Bertz CT molecular complexity index is 801. The van der Waals surface area contributed by atoms with E-state index < -0.39 is 18.0 Å². The molecule has 1 aromatic carbocycles. The van der Waals surface area contributed by atoms with E-state index in [4.69, 9.17) is 5.11 Å². The number of aliphatic hydroxyl groups is 2. The molecule has 1 unspecified atom stereocenters. The standard InChI is InChI=1S/C23H35N5O4/c1-3-27(4-2)19-7-5-18(6-8-19)15-21-22(31)28(23(32)24-21)17-20(30)16-26-11-9-25(10-12-26)13-14-29/h5-8,15,20,29-30H,3-4,9-14,16-17H2,1-2H3,(H,24,32)/b21-15-. The third kappa shape index (κ3) is 6.07. The number of amides is 3. The Morgan fingerprint density at radius 1 is 1.03 bits per heavy atom. The second-order valence-corrected chi connectivity index (χ2v) is 8.19. The van der Waals surface area contributed by atoms with E-state index in [2.05, 4.69) is 33.9 Å². The number of carbonyl (C=O) groups is 2. The lowest BCUT2D eigenvalue weighted by atomic mass is 10.1. The van der Waals surface area contributed by atoms with Gasteiger partial charge in [-0.15, -0.1) is 0 Å². The Morgan fingerprint density at radius 3 is 2.25 bits per heavy atom. The molecule has 176 valence electrons. The Labute approximate surface area is 189 Å². The summed E-state index contributed by atoms with van der Waals surface area (Å²) in [5.74, 6) is -0.422. The van der Waals surface area contributed by atoms with E-state index in [1.165, 1.54) is 0 Å². The molecule has 2 saturated heterocycles. The number of piperazine rings is 1. The van der Waals surface area contributed by atoms with Gasteiger partial charge >= 0.3 is 6.03 Å². The largest absolute Gasteiger partial charge is 0.395 e. The fraction of sp³-hybridized carbons (Fsp3) is 0.565. The van der Waals surface area contributed by atoms with Gasteiger partial charge < -0.3 is 20.4 Å². The van der Waals surface area contributed by atoms with Crippen LogP contribution in [0.5, 0.6) is 0 Å². The maximum absolute atomic E-state index is 12.7. The van der Waals surface area contributed by atoms with Gasteiger partial charge in [0, 0.05) is 58.0 Å². The molecule has 3 rings (SSSR count). The highest BCUT2D eigenvalue weighted by Crippen LogP contribution is 2.19.